The van der Waals surface area contributed by atoms with Crippen molar-refractivity contribution in [2.45, 2.75) is 11.3 Å². The van der Waals surface area contributed by atoms with E-state index in [9.17, 15) is 13.2 Å². The van der Waals surface area contributed by atoms with E-state index < -0.39 is 16.0 Å². The third-order valence-electron chi connectivity index (χ3n) is 4.34. The summed E-state index contributed by atoms with van der Waals surface area (Å²) < 4.78 is 32.3. The molecule has 0 bridgehead atoms. The number of hydrogen-bond donors (Lipinski definition) is 1. The average molecular weight is 373 g/mol. The van der Waals surface area contributed by atoms with Crippen LogP contribution in [0.2, 0.25) is 0 Å². The molecule has 26 heavy (non-hydrogen) atoms. The van der Waals surface area contributed by atoms with E-state index in [2.05, 4.69) is 0 Å². The number of carboxylic acids is 1. The molecule has 1 aliphatic heterocycles. The van der Waals surface area contributed by atoms with Gasteiger partial charge in [0, 0.05) is 18.7 Å². The van der Waals surface area contributed by atoms with Crippen molar-refractivity contribution < 1.29 is 23.1 Å². The van der Waals surface area contributed by atoms with Gasteiger partial charge in [0.15, 0.2) is 0 Å². The highest BCUT2D eigenvalue weighted by Crippen LogP contribution is 2.31. The number of para-hydroxylation sites is 1. The van der Waals surface area contributed by atoms with Gasteiger partial charge >= 0.3 is 5.97 Å². The Hall–Kier alpha value is -2.64. The fourth-order valence-electron chi connectivity index (χ4n) is 2.96. The molecular weight excluding hydrogens is 354 g/mol. The van der Waals surface area contributed by atoms with Crippen molar-refractivity contribution >= 4 is 21.6 Å². The number of ether oxygens (including phenoxy) is 1. The Bertz CT molecular complexity index is 965. The molecule has 0 aromatic heterocycles. The van der Waals surface area contributed by atoms with E-state index >= 15 is 0 Å². The minimum atomic E-state index is -3.75. The number of carbonyl (C=O) groups is 1. The highest BCUT2D eigenvalue weighted by molar-refractivity contribution is 7.89. The molecule has 1 N–H and O–H groups in total. The smallest absolute Gasteiger partial charge is 0.335 e. The third-order valence-corrected chi connectivity index (χ3v) is 6.20. The van der Waals surface area contributed by atoms with Crippen molar-refractivity contribution in [3.8, 4) is 5.75 Å². The second kappa shape index (κ2) is 7.31. The molecule has 2 aromatic carbocycles. The number of aromatic carboxylic acids is 1. The van der Waals surface area contributed by atoms with Gasteiger partial charge in [0.2, 0.25) is 10.0 Å². The zero-order chi connectivity index (χ0) is 18.7. The zero-order valence-corrected chi connectivity index (χ0v) is 15.1. The van der Waals surface area contributed by atoms with E-state index in [1.165, 1.54) is 28.6 Å². The second-order valence-electron chi connectivity index (χ2n) is 5.88. The third kappa shape index (κ3) is 3.49. The van der Waals surface area contributed by atoms with Crippen LogP contribution in [0.1, 0.15) is 22.3 Å². The van der Waals surface area contributed by atoms with Crippen LogP contribution < -0.4 is 4.74 Å². The van der Waals surface area contributed by atoms with E-state index in [1.807, 2.05) is 30.3 Å². The summed E-state index contributed by atoms with van der Waals surface area (Å²) in [7, 11) is -2.14. The molecule has 136 valence electrons. The largest absolute Gasteiger partial charge is 0.496 e. The Morgan fingerprint density at radius 3 is 2.58 bits per heavy atom. The lowest BCUT2D eigenvalue weighted by atomic mass is 9.99. The van der Waals surface area contributed by atoms with Crippen LogP contribution in [0.25, 0.3) is 5.57 Å². The van der Waals surface area contributed by atoms with Crippen LogP contribution in [0.15, 0.2) is 59.5 Å². The highest BCUT2D eigenvalue weighted by atomic mass is 32.2. The number of methoxy groups -OCH3 is 1. The van der Waals surface area contributed by atoms with E-state index in [4.69, 9.17) is 9.84 Å². The number of nitrogens with zero attached hydrogens (tertiary/aromatic N) is 1. The molecule has 1 aliphatic rings. The summed E-state index contributed by atoms with van der Waals surface area (Å²) in [5, 5.41) is 9.07. The normalized spacial score (nSPS) is 15.3. The van der Waals surface area contributed by atoms with Gasteiger partial charge in [-0.1, -0.05) is 30.3 Å². The highest BCUT2D eigenvalue weighted by Gasteiger charge is 2.27. The van der Waals surface area contributed by atoms with Crippen molar-refractivity contribution in [2.24, 2.45) is 0 Å². The van der Waals surface area contributed by atoms with Gasteiger partial charge in [0.25, 0.3) is 0 Å². The number of sulfonamides is 1. The van der Waals surface area contributed by atoms with Gasteiger partial charge < -0.3 is 9.84 Å². The van der Waals surface area contributed by atoms with Gasteiger partial charge in [-0.2, -0.15) is 4.31 Å². The SMILES string of the molecule is COc1ccccc1C1=CCN(S(=O)(=O)c2cccc(C(=O)O)c2)CC1. The van der Waals surface area contributed by atoms with Crippen LogP contribution in [0.4, 0.5) is 0 Å². The molecule has 0 fully saturated rings. The maximum absolute atomic E-state index is 12.8. The Morgan fingerprint density at radius 1 is 1.15 bits per heavy atom. The van der Waals surface area contributed by atoms with Crippen LogP contribution in [0.5, 0.6) is 5.75 Å². The van der Waals surface area contributed by atoms with Crippen molar-refractivity contribution in [1.29, 1.82) is 0 Å². The summed E-state index contributed by atoms with van der Waals surface area (Å²) >= 11 is 0. The first kappa shape index (κ1) is 18.2. The van der Waals surface area contributed by atoms with Crippen LogP contribution in [0, 0.1) is 0 Å². The number of hydrogen-bond acceptors (Lipinski definition) is 4. The topological polar surface area (TPSA) is 83.9 Å². The molecule has 6 nitrogen and oxygen atoms in total. The van der Waals surface area contributed by atoms with Crippen molar-refractivity contribution in [3.63, 3.8) is 0 Å². The monoisotopic (exact) mass is 373 g/mol. The predicted octanol–water partition coefficient (Wildman–Crippen LogP) is 2.87. The average Bonchev–Trinajstić information content (AvgIpc) is 2.68. The molecule has 0 aliphatic carbocycles. The van der Waals surface area contributed by atoms with Crippen molar-refractivity contribution in [3.05, 3.63) is 65.7 Å². The number of rotatable bonds is 5. The van der Waals surface area contributed by atoms with Crippen molar-refractivity contribution in [1.82, 2.24) is 4.31 Å². The maximum Gasteiger partial charge on any atom is 0.335 e. The van der Waals surface area contributed by atoms with Crippen LogP contribution in [0.3, 0.4) is 0 Å². The second-order valence-corrected chi connectivity index (χ2v) is 7.81. The van der Waals surface area contributed by atoms with E-state index in [0.29, 0.717) is 13.0 Å². The molecule has 0 spiro atoms. The quantitative estimate of drug-likeness (QED) is 0.871. The summed E-state index contributed by atoms with van der Waals surface area (Å²) in [6.45, 7) is 0.552. The number of carboxylic acid groups (broad SMARTS) is 1. The van der Waals surface area contributed by atoms with Gasteiger partial charge in [0.1, 0.15) is 5.75 Å². The molecule has 7 heteroatoms. The van der Waals surface area contributed by atoms with E-state index in [-0.39, 0.29) is 17.0 Å². The summed E-state index contributed by atoms with van der Waals surface area (Å²) in [5.41, 5.74) is 1.95. The summed E-state index contributed by atoms with van der Waals surface area (Å²) in [5.74, 6) is -0.400. The Balaban J connectivity index is 1.85. The van der Waals surface area contributed by atoms with Crippen LogP contribution in [-0.4, -0.2) is 44.0 Å². The molecular formula is C19H19NO5S. The van der Waals surface area contributed by atoms with Gasteiger partial charge in [-0.25, -0.2) is 13.2 Å². The van der Waals surface area contributed by atoms with Gasteiger partial charge in [0.05, 0.1) is 17.6 Å². The molecule has 0 radical (unpaired) electrons. The minimum absolute atomic E-state index is 0.00783. The maximum atomic E-state index is 12.8. The Labute approximate surface area is 152 Å². The van der Waals surface area contributed by atoms with Crippen LogP contribution in [-0.2, 0) is 10.0 Å². The van der Waals surface area contributed by atoms with Crippen LogP contribution >= 0.6 is 0 Å². The fourth-order valence-corrected chi connectivity index (χ4v) is 4.39. The molecule has 1 heterocycles. The molecule has 0 amide bonds. The summed E-state index contributed by atoms with van der Waals surface area (Å²) in [6, 6.07) is 13.0. The van der Waals surface area contributed by atoms with Gasteiger partial charge in [-0.15, -0.1) is 0 Å². The molecule has 0 atom stereocenters. The standard InChI is InChI=1S/C19H19NO5S/c1-25-18-8-3-2-7-17(18)14-9-11-20(12-10-14)26(23,24)16-6-4-5-15(13-16)19(21)22/h2-9,13H,10-12H2,1H3,(H,21,22). The first-order valence-electron chi connectivity index (χ1n) is 8.09. The van der Waals surface area contributed by atoms with Crippen molar-refractivity contribution in [2.75, 3.05) is 20.2 Å². The number of benzene rings is 2. The lowest BCUT2D eigenvalue weighted by molar-refractivity contribution is 0.0696. The Morgan fingerprint density at radius 2 is 1.92 bits per heavy atom. The summed E-state index contributed by atoms with van der Waals surface area (Å²) in [4.78, 5) is 11.1. The predicted molar refractivity (Wildman–Crippen MR) is 97.7 cm³/mol. The van der Waals surface area contributed by atoms with Gasteiger partial charge in [-0.05, 0) is 36.3 Å². The van der Waals surface area contributed by atoms with Gasteiger partial charge in [-0.3, -0.25) is 0 Å². The fraction of sp³-hybridized carbons (Fsp3) is 0.211. The molecule has 0 saturated carbocycles. The lowest BCUT2D eigenvalue weighted by Gasteiger charge is -2.26. The molecule has 3 rings (SSSR count). The van der Waals surface area contributed by atoms with E-state index in [0.717, 1.165) is 16.9 Å². The first-order valence-corrected chi connectivity index (χ1v) is 9.53. The molecule has 2 aromatic rings. The Kier molecular flexibility index (Phi) is 5.11. The minimum Gasteiger partial charge on any atom is -0.496 e. The summed E-state index contributed by atoms with van der Waals surface area (Å²) in [6.07, 6.45) is 2.43. The first-order chi connectivity index (χ1) is 12.4. The molecule has 0 unspecified atom stereocenters. The van der Waals surface area contributed by atoms with E-state index in [1.54, 1.807) is 7.11 Å². The lowest BCUT2D eigenvalue weighted by Crippen LogP contribution is -2.34. The zero-order valence-electron chi connectivity index (χ0n) is 14.3. The molecule has 0 saturated heterocycles.